The van der Waals surface area contributed by atoms with Crippen LogP contribution in [-0.4, -0.2) is 39.8 Å². The predicted molar refractivity (Wildman–Crippen MR) is 122 cm³/mol. The van der Waals surface area contributed by atoms with Gasteiger partial charge in [0.05, 0.1) is 23.1 Å². The first-order valence-corrected chi connectivity index (χ1v) is 12.1. The zero-order chi connectivity index (χ0) is 22.3. The van der Waals surface area contributed by atoms with E-state index in [0.29, 0.717) is 18.0 Å². The third kappa shape index (κ3) is 7.70. The molecule has 9 heteroatoms. The van der Waals surface area contributed by atoms with Gasteiger partial charge < -0.3 is 10.1 Å². The van der Waals surface area contributed by atoms with Gasteiger partial charge in [0, 0.05) is 11.6 Å². The van der Waals surface area contributed by atoms with Crippen LogP contribution in [0.15, 0.2) is 42.5 Å². The van der Waals surface area contributed by atoms with E-state index in [1.54, 1.807) is 6.07 Å². The number of hydrogen-bond donors (Lipinski definition) is 1. The number of hydrogen-bond acceptors (Lipinski definition) is 4. The standard InChI is InChI=1S/C21H26Cl2N2O4S/c1-15(2)29-18-8-4-6-16(12-18)7-5-11-24-21(26)14-25(30(3,27)28)20-13-17(22)9-10-19(20)23/h4,6,8-10,12-13,15H,5,7,11,14H2,1-3H3,(H,24,26). The molecule has 164 valence electrons. The maximum Gasteiger partial charge on any atom is 0.240 e. The number of anilines is 1. The van der Waals surface area contributed by atoms with E-state index in [9.17, 15) is 13.2 Å². The van der Waals surface area contributed by atoms with E-state index in [1.165, 1.54) is 12.1 Å². The molecule has 0 saturated heterocycles. The van der Waals surface area contributed by atoms with Crippen molar-refractivity contribution in [1.82, 2.24) is 5.32 Å². The molecule has 0 aliphatic heterocycles. The summed E-state index contributed by atoms with van der Waals surface area (Å²) >= 11 is 12.1. The fourth-order valence-electron chi connectivity index (χ4n) is 2.81. The summed E-state index contributed by atoms with van der Waals surface area (Å²) in [5.41, 5.74) is 1.27. The predicted octanol–water partition coefficient (Wildman–Crippen LogP) is 4.30. The summed E-state index contributed by atoms with van der Waals surface area (Å²) in [5, 5.41) is 3.28. The number of benzene rings is 2. The van der Waals surface area contributed by atoms with Crippen LogP contribution in [0.5, 0.6) is 5.75 Å². The van der Waals surface area contributed by atoms with Crippen LogP contribution in [0, 0.1) is 0 Å². The third-order valence-electron chi connectivity index (χ3n) is 4.10. The quantitative estimate of drug-likeness (QED) is 0.523. The summed E-state index contributed by atoms with van der Waals surface area (Å²) in [5.74, 6) is 0.391. The lowest BCUT2D eigenvalue weighted by atomic mass is 10.1. The Bertz CT molecular complexity index is 981. The molecule has 2 aromatic rings. The molecule has 0 spiro atoms. The van der Waals surface area contributed by atoms with E-state index in [-0.39, 0.29) is 23.4 Å². The first-order chi connectivity index (χ1) is 14.1. The van der Waals surface area contributed by atoms with Crippen molar-refractivity contribution in [3.05, 3.63) is 58.1 Å². The normalized spacial score (nSPS) is 11.4. The monoisotopic (exact) mass is 472 g/mol. The highest BCUT2D eigenvalue weighted by molar-refractivity contribution is 7.92. The molecule has 2 rings (SSSR count). The minimum atomic E-state index is -3.73. The molecular weight excluding hydrogens is 447 g/mol. The topological polar surface area (TPSA) is 75.7 Å². The second-order valence-corrected chi connectivity index (χ2v) is 9.88. The number of amides is 1. The molecule has 0 aliphatic carbocycles. The van der Waals surface area contributed by atoms with E-state index < -0.39 is 15.9 Å². The molecule has 0 saturated carbocycles. The van der Waals surface area contributed by atoms with Crippen LogP contribution < -0.4 is 14.4 Å². The van der Waals surface area contributed by atoms with Gasteiger partial charge in [0.2, 0.25) is 15.9 Å². The van der Waals surface area contributed by atoms with E-state index in [2.05, 4.69) is 5.32 Å². The highest BCUT2D eigenvalue weighted by Crippen LogP contribution is 2.30. The second-order valence-electron chi connectivity index (χ2n) is 7.13. The van der Waals surface area contributed by atoms with Crippen LogP contribution in [0.2, 0.25) is 10.0 Å². The summed E-state index contributed by atoms with van der Waals surface area (Å²) in [6.07, 6.45) is 2.58. The van der Waals surface area contributed by atoms with Gasteiger partial charge in [-0.1, -0.05) is 35.3 Å². The van der Waals surface area contributed by atoms with Gasteiger partial charge in [0.25, 0.3) is 0 Å². The summed E-state index contributed by atoms with van der Waals surface area (Å²) in [7, 11) is -3.73. The van der Waals surface area contributed by atoms with Gasteiger partial charge in [-0.05, 0) is 62.6 Å². The summed E-state index contributed by atoms with van der Waals surface area (Å²) in [4.78, 5) is 12.3. The molecule has 0 radical (unpaired) electrons. The first kappa shape index (κ1) is 24.3. The van der Waals surface area contributed by atoms with Crippen LogP contribution in [0.1, 0.15) is 25.8 Å². The molecular formula is C21H26Cl2N2O4S. The van der Waals surface area contributed by atoms with Gasteiger partial charge in [-0.2, -0.15) is 0 Å². The van der Waals surface area contributed by atoms with Crippen LogP contribution in [-0.2, 0) is 21.2 Å². The number of aryl methyl sites for hydroxylation is 1. The fraction of sp³-hybridized carbons (Fsp3) is 0.381. The van der Waals surface area contributed by atoms with Crippen molar-refractivity contribution in [3.63, 3.8) is 0 Å². The molecule has 0 atom stereocenters. The zero-order valence-corrected chi connectivity index (χ0v) is 19.5. The summed E-state index contributed by atoms with van der Waals surface area (Å²) < 4.78 is 31.0. The third-order valence-corrected chi connectivity index (χ3v) is 5.78. The molecule has 0 heterocycles. The Morgan fingerprint density at radius 1 is 1.17 bits per heavy atom. The van der Waals surface area contributed by atoms with E-state index >= 15 is 0 Å². The summed E-state index contributed by atoms with van der Waals surface area (Å²) in [6.45, 7) is 3.97. The number of carbonyl (C=O) groups is 1. The Morgan fingerprint density at radius 2 is 1.90 bits per heavy atom. The van der Waals surface area contributed by atoms with Crippen molar-refractivity contribution < 1.29 is 17.9 Å². The molecule has 6 nitrogen and oxygen atoms in total. The van der Waals surface area contributed by atoms with Gasteiger partial charge in [-0.3, -0.25) is 9.10 Å². The molecule has 0 bridgehead atoms. The van der Waals surface area contributed by atoms with E-state index in [4.69, 9.17) is 27.9 Å². The molecule has 0 aliphatic rings. The fourth-order valence-corrected chi connectivity index (χ4v) is 4.11. The Balaban J connectivity index is 1.92. The van der Waals surface area contributed by atoms with Gasteiger partial charge in [-0.25, -0.2) is 8.42 Å². The van der Waals surface area contributed by atoms with Crippen LogP contribution in [0.4, 0.5) is 5.69 Å². The smallest absolute Gasteiger partial charge is 0.240 e. The first-order valence-electron chi connectivity index (χ1n) is 9.51. The van der Waals surface area contributed by atoms with Crippen molar-refractivity contribution in [2.45, 2.75) is 32.8 Å². The number of carbonyl (C=O) groups excluding carboxylic acids is 1. The van der Waals surface area contributed by atoms with Crippen LogP contribution in [0.25, 0.3) is 0 Å². The maximum atomic E-state index is 12.3. The van der Waals surface area contributed by atoms with Gasteiger partial charge >= 0.3 is 0 Å². The van der Waals surface area contributed by atoms with Crippen molar-refractivity contribution in [1.29, 1.82) is 0 Å². The van der Waals surface area contributed by atoms with Crippen LogP contribution in [0.3, 0.4) is 0 Å². The number of halogens is 2. The Kier molecular flexibility index (Phi) is 8.82. The molecule has 0 aromatic heterocycles. The average Bonchev–Trinajstić information content (AvgIpc) is 2.64. The summed E-state index contributed by atoms with van der Waals surface area (Å²) in [6, 6.07) is 12.3. The number of nitrogens with zero attached hydrogens (tertiary/aromatic N) is 1. The minimum Gasteiger partial charge on any atom is -0.491 e. The highest BCUT2D eigenvalue weighted by Gasteiger charge is 2.23. The SMILES string of the molecule is CC(C)Oc1cccc(CCCNC(=O)CN(c2cc(Cl)ccc2Cl)S(C)(=O)=O)c1. The molecule has 1 amide bonds. The Hall–Kier alpha value is -1.96. The zero-order valence-electron chi connectivity index (χ0n) is 17.2. The minimum absolute atomic E-state index is 0.102. The Labute approximate surface area is 188 Å². The molecule has 0 fully saturated rings. The number of rotatable bonds is 10. The van der Waals surface area contributed by atoms with Crippen molar-refractivity contribution >= 4 is 44.8 Å². The highest BCUT2D eigenvalue weighted by atomic mass is 35.5. The maximum absolute atomic E-state index is 12.3. The van der Waals surface area contributed by atoms with Crippen molar-refractivity contribution in [2.75, 3.05) is 23.7 Å². The van der Waals surface area contributed by atoms with E-state index in [0.717, 1.165) is 28.3 Å². The number of nitrogens with one attached hydrogen (secondary N) is 1. The van der Waals surface area contributed by atoms with Gasteiger partial charge in [0.15, 0.2) is 0 Å². The number of ether oxygens (including phenoxy) is 1. The second kappa shape index (κ2) is 10.9. The van der Waals surface area contributed by atoms with Crippen molar-refractivity contribution in [3.8, 4) is 5.75 Å². The van der Waals surface area contributed by atoms with E-state index in [1.807, 2.05) is 38.1 Å². The van der Waals surface area contributed by atoms with Gasteiger partial charge in [0.1, 0.15) is 12.3 Å². The van der Waals surface area contributed by atoms with Crippen molar-refractivity contribution in [2.24, 2.45) is 0 Å². The van der Waals surface area contributed by atoms with Gasteiger partial charge in [-0.15, -0.1) is 0 Å². The Morgan fingerprint density at radius 3 is 2.57 bits per heavy atom. The average molecular weight is 473 g/mol. The lowest BCUT2D eigenvalue weighted by molar-refractivity contribution is -0.119. The lowest BCUT2D eigenvalue weighted by Crippen LogP contribution is -2.40. The largest absolute Gasteiger partial charge is 0.491 e. The molecule has 2 aromatic carbocycles. The molecule has 1 N–H and O–H groups in total. The molecule has 0 unspecified atom stereocenters. The van der Waals surface area contributed by atoms with Crippen LogP contribution >= 0.6 is 23.2 Å². The molecule has 30 heavy (non-hydrogen) atoms. The lowest BCUT2D eigenvalue weighted by Gasteiger charge is -2.23. The number of sulfonamides is 1.